The molecule has 0 N–H and O–H groups in total. The zero-order chi connectivity index (χ0) is 13.5. The third-order valence-corrected chi connectivity index (χ3v) is 4.69. The first kappa shape index (κ1) is 14.5. The Labute approximate surface area is 120 Å². The average molecular weight is 277 g/mol. The number of rotatable bonds is 5. The van der Waals surface area contributed by atoms with Gasteiger partial charge in [0.2, 0.25) is 0 Å². The second kappa shape index (κ2) is 7.62. The Morgan fingerprint density at radius 2 is 2.00 bits per heavy atom. The number of aryl methyl sites for hydroxylation is 1. The van der Waals surface area contributed by atoms with E-state index in [9.17, 15) is 0 Å². The number of thiazole rings is 1. The fraction of sp³-hybridized carbons (Fsp3) is 0.733. The lowest BCUT2D eigenvalue weighted by molar-refractivity contribution is 0.276. The SMILES string of the molecule is CCCc1nc(CN2CCCCCC2)sc1CC#N. The lowest BCUT2D eigenvalue weighted by atomic mass is 10.2. The molecule has 3 nitrogen and oxygen atoms in total. The summed E-state index contributed by atoms with van der Waals surface area (Å²) in [7, 11) is 0. The molecule has 0 saturated carbocycles. The first-order valence-corrected chi connectivity index (χ1v) is 8.22. The lowest BCUT2D eigenvalue weighted by Crippen LogP contribution is -2.23. The van der Waals surface area contributed by atoms with Gasteiger partial charge in [0.05, 0.1) is 24.7 Å². The van der Waals surface area contributed by atoms with Gasteiger partial charge in [-0.1, -0.05) is 26.2 Å². The molecule has 1 aromatic rings. The summed E-state index contributed by atoms with van der Waals surface area (Å²) < 4.78 is 0. The molecule has 0 amide bonds. The molecule has 1 aliphatic heterocycles. The monoisotopic (exact) mass is 277 g/mol. The van der Waals surface area contributed by atoms with E-state index in [1.807, 2.05) is 0 Å². The molecule has 1 fully saturated rings. The highest BCUT2D eigenvalue weighted by atomic mass is 32.1. The van der Waals surface area contributed by atoms with Crippen molar-refractivity contribution in [2.75, 3.05) is 13.1 Å². The maximum atomic E-state index is 8.90. The lowest BCUT2D eigenvalue weighted by Gasteiger charge is -2.17. The number of hydrogen-bond donors (Lipinski definition) is 0. The van der Waals surface area contributed by atoms with E-state index in [4.69, 9.17) is 10.2 Å². The summed E-state index contributed by atoms with van der Waals surface area (Å²) in [6.45, 7) is 5.56. The minimum Gasteiger partial charge on any atom is -0.297 e. The Balaban J connectivity index is 2.02. The Kier molecular flexibility index (Phi) is 5.81. The van der Waals surface area contributed by atoms with Crippen molar-refractivity contribution in [1.29, 1.82) is 5.26 Å². The molecule has 2 rings (SSSR count). The smallest absolute Gasteiger partial charge is 0.107 e. The minimum absolute atomic E-state index is 0.521. The molecule has 1 aromatic heterocycles. The van der Waals surface area contributed by atoms with Gasteiger partial charge in [0.25, 0.3) is 0 Å². The van der Waals surface area contributed by atoms with E-state index in [0.29, 0.717) is 6.42 Å². The molecule has 1 aliphatic rings. The van der Waals surface area contributed by atoms with Gasteiger partial charge in [0.1, 0.15) is 5.01 Å². The summed E-state index contributed by atoms with van der Waals surface area (Å²) in [4.78, 5) is 8.48. The third kappa shape index (κ3) is 4.29. The van der Waals surface area contributed by atoms with Crippen LogP contribution in [0.25, 0.3) is 0 Å². The van der Waals surface area contributed by atoms with Crippen LogP contribution in [0.5, 0.6) is 0 Å². The quantitative estimate of drug-likeness (QED) is 0.826. The predicted octanol–water partition coefficient (Wildman–Crippen LogP) is 3.54. The zero-order valence-corrected chi connectivity index (χ0v) is 12.6. The highest BCUT2D eigenvalue weighted by Crippen LogP contribution is 2.23. The fourth-order valence-electron chi connectivity index (χ4n) is 2.63. The van der Waals surface area contributed by atoms with Gasteiger partial charge in [-0.15, -0.1) is 11.3 Å². The number of nitriles is 1. The summed E-state index contributed by atoms with van der Waals surface area (Å²) in [6, 6.07) is 2.27. The Morgan fingerprint density at radius 3 is 2.63 bits per heavy atom. The molecule has 2 heterocycles. The second-order valence-corrected chi connectivity index (χ2v) is 6.42. The van der Waals surface area contributed by atoms with E-state index in [-0.39, 0.29) is 0 Å². The van der Waals surface area contributed by atoms with Crippen LogP contribution in [0.15, 0.2) is 0 Å². The van der Waals surface area contributed by atoms with Crippen molar-refractivity contribution >= 4 is 11.3 Å². The van der Waals surface area contributed by atoms with Crippen molar-refractivity contribution in [2.45, 2.75) is 58.4 Å². The van der Waals surface area contributed by atoms with E-state index < -0.39 is 0 Å². The molecular formula is C15H23N3S. The number of nitrogens with zero attached hydrogens (tertiary/aromatic N) is 3. The molecule has 0 bridgehead atoms. The van der Waals surface area contributed by atoms with Crippen molar-refractivity contribution in [2.24, 2.45) is 0 Å². The number of aromatic nitrogens is 1. The van der Waals surface area contributed by atoms with Gasteiger partial charge in [0, 0.05) is 4.88 Å². The van der Waals surface area contributed by atoms with E-state index in [1.165, 1.54) is 54.4 Å². The van der Waals surface area contributed by atoms with Gasteiger partial charge in [-0.05, 0) is 32.4 Å². The minimum atomic E-state index is 0.521. The van der Waals surface area contributed by atoms with Crippen LogP contribution in [0, 0.1) is 11.3 Å². The summed E-state index contributed by atoms with van der Waals surface area (Å²) >= 11 is 1.75. The van der Waals surface area contributed by atoms with E-state index >= 15 is 0 Å². The van der Waals surface area contributed by atoms with Crippen molar-refractivity contribution in [3.8, 4) is 6.07 Å². The highest BCUT2D eigenvalue weighted by molar-refractivity contribution is 7.11. The second-order valence-electron chi connectivity index (χ2n) is 5.25. The molecule has 19 heavy (non-hydrogen) atoms. The Morgan fingerprint density at radius 1 is 1.26 bits per heavy atom. The van der Waals surface area contributed by atoms with Gasteiger partial charge in [-0.25, -0.2) is 4.98 Å². The van der Waals surface area contributed by atoms with Crippen LogP contribution in [0.4, 0.5) is 0 Å². The molecule has 0 atom stereocenters. The molecule has 1 saturated heterocycles. The average Bonchev–Trinajstić information content (AvgIpc) is 2.62. The molecule has 104 valence electrons. The topological polar surface area (TPSA) is 39.9 Å². The highest BCUT2D eigenvalue weighted by Gasteiger charge is 2.14. The van der Waals surface area contributed by atoms with Gasteiger partial charge >= 0.3 is 0 Å². The van der Waals surface area contributed by atoms with Crippen molar-refractivity contribution in [1.82, 2.24) is 9.88 Å². The van der Waals surface area contributed by atoms with Crippen LogP contribution in [-0.4, -0.2) is 23.0 Å². The molecule has 0 unspecified atom stereocenters. The summed E-state index contributed by atoms with van der Waals surface area (Å²) in [6.07, 6.45) is 8.01. The Hall–Kier alpha value is -0.920. The van der Waals surface area contributed by atoms with Crippen LogP contribution < -0.4 is 0 Å². The molecule has 0 aliphatic carbocycles. The van der Waals surface area contributed by atoms with Crippen molar-refractivity contribution in [3.05, 3.63) is 15.6 Å². The van der Waals surface area contributed by atoms with Gasteiger partial charge in [-0.2, -0.15) is 5.26 Å². The van der Waals surface area contributed by atoms with Gasteiger partial charge in [-0.3, -0.25) is 4.90 Å². The number of likely N-dealkylation sites (tertiary alicyclic amines) is 1. The van der Waals surface area contributed by atoms with Crippen molar-refractivity contribution in [3.63, 3.8) is 0 Å². The van der Waals surface area contributed by atoms with Gasteiger partial charge < -0.3 is 0 Å². The molecular weight excluding hydrogens is 254 g/mol. The van der Waals surface area contributed by atoms with E-state index in [1.54, 1.807) is 11.3 Å². The zero-order valence-electron chi connectivity index (χ0n) is 11.8. The maximum Gasteiger partial charge on any atom is 0.107 e. The van der Waals surface area contributed by atoms with Crippen LogP contribution in [0.2, 0.25) is 0 Å². The van der Waals surface area contributed by atoms with E-state index in [2.05, 4.69) is 17.9 Å². The molecule has 0 radical (unpaired) electrons. The van der Waals surface area contributed by atoms with Crippen molar-refractivity contribution < 1.29 is 0 Å². The van der Waals surface area contributed by atoms with Crippen LogP contribution in [0.3, 0.4) is 0 Å². The third-order valence-electron chi connectivity index (χ3n) is 3.61. The summed E-state index contributed by atoms with van der Waals surface area (Å²) in [5.41, 5.74) is 1.17. The van der Waals surface area contributed by atoms with Gasteiger partial charge in [0.15, 0.2) is 0 Å². The van der Waals surface area contributed by atoms with Crippen LogP contribution >= 0.6 is 11.3 Å². The van der Waals surface area contributed by atoms with Crippen LogP contribution in [-0.2, 0) is 19.4 Å². The first-order valence-electron chi connectivity index (χ1n) is 7.40. The maximum absolute atomic E-state index is 8.90. The summed E-state index contributed by atoms with van der Waals surface area (Å²) in [5.74, 6) is 0. The predicted molar refractivity (Wildman–Crippen MR) is 79.2 cm³/mol. The largest absolute Gasteiger partial charge is 0.297 e. The Bertz CT molecular complexity index is 425. The first-order chi connectivity index (χ1) is 9.33. The normalized spacial score (nSPS) is 17.1. The number of hydrogen-bond acceptors (Lipinski definition) is 4. The standard InChI is InChI=1S/C15H23N3S/c1-2-7-13-14(8-9-16)19-15(17-13)12-18-10-5-3-4-6-11-18/h2-8,10-12H2,1H3. The van der Waals surface area contributed by atoms with E-state index in [0.717, 1.165) is 19.4 Å². The fourth-order valence-corrected chi connectivity index (χ4v) is 3.72. The molecule has 0 aromatic carbocycles. The van der Waals surface area contributed by atoms with Crippen LogP contribution in [0.1, 0.15) is 54.6 Å². The summed E-state index contributed by atoms with van der Waals surface area (Å²) in [5, 5.41) is 10.1. The molecule has 0 spiro atoms. The molecule has 4 heteroatoms.